The summed E-state index contributed by atoms with van der Waals surface area (Å²) in [5.41, 5.74) is 0.415. The van der Waals surface area contributed by atoms with Crippen LogP contribution < -0.4 is 4.74 Å². The van der Waals surface area contributed by atoms with Gasteiger partial charge in [0.1, 0.15) is 5.75 Å². The maximum Gasteiger partial charge on any atom is 0.297 e. The Morgan fingerprint density at radius 3 is 2.20 bits per heavy atom. The van der Waals surface area contributed by atoms with Gasteiger partial charge in [0.2, 0.25) is 5.78 Å². The molecule has 0 unspecified atom stereocenters. The second-order valence-electron chi connectivity index (χ2n) is 2.73. The lowest BCUT2D eigenvalue weighted by Gasteiger charge is -2.12. The van der Waals surface area contributed by atoms with Gasteiger partial charge < -0.3 is 14.2 Å². The summed E-state index contributed by atoms with van der Waals surface area (Å²) < 4.78 is 14.7. The van der Waals surface area contributed by atoms with Crippen LogP contribution in [0.25, 0.3) is 0 Å². The molecule has 0 N–H and O–H groups in total. The molecule has 0 saturated carbocycles. The van der Waals surface area contributed by atoms with Crippen LogP contribution >= 0.6 is 0 Å². The fourth-order valence-electron chi connectivity index (χ4n) is 1.21. The van der Waals surface area contributed by atoms with Crippen LogP contribution in [0.4, 0.5) is 0 Å². The monoisotopic (exact) mass is 209 g/mol. The number of rotatable bonds is 5. The summed E-state index contributed by atoms with van der Waals surface area (Å²) >= 11 is 0. The van der Waals surface area contributed by atoms with E-state index in [2.05, 4.69) is 0 Å². The largest absolute Gasteiger partial charge is 0.496 e. The van der Waals surface area contributed by atoms with E-state index in [9.17, 15) is 4.79 Å². The van der Waals surface area contributed by atoms with Gasteiger partial charge in [-0.05, 0) is 12.1 Å². The number of carbonyl (C=O) groups is 1. The molecule has 0 aliphatic rings. The van der Waals surface area contributed by atoms with Gasteiger partial charge in [-0.25, -0.2) is 0 Å². The van der Waals surface area contributed by atoms with Crippen LogP contribution in [-0.4, -0.2) is 27.1 Å². The average Bonchev–Trinajstić information content (AvgIpc) is 2.30. The standard InChI is InChI=1S/C11H13O4/c1-13-9-7-5-4-6-8(9)10(12)11(14-2)15-3/h4-7H,1-3H3. The number of benzene rings is 1. The molecule has 0 saturated heterocycles. The summed E-state index contributed by atoms with van der Waals surface area (Å²) in [5, 5.41) is 0. The zero-order chi connectivity index (χ0) is 11.3. The summed E-state index contributed by atoms with van der Waals surface area (Å²) in [4.78, 5) is 11.8. The molecule has 4 heteroatoms. The van der Waals surface area contributed by atoms with Crippen LogP contribution in [0.5, 0.6) is 5.75 Å². The Bertz CT molecular complexity index is 331. The van der Waals surface area contributed by atoms with Gasteiger partial charge in [0, 0.05) is 14.2 Å². The summed E-state index contributed by atoms with van der Waals surface area (Å²) in [6.07, 6.45) is -0.0560. The molecular formula is C11H13O4. The Labute approximate surface area is 88.8 Å². The zero-order valence-electron chi connectivity index (χ0n) is 8.94. The van der Waals surface area contributed by atoms with Crippen molar-refractivity contribution >= 4 is 5.78 Å². The van der Waals surface area contributed by atoms with Crippen molar-refractivity contribution in [2.75, 3.05) is 21.3 Å². The molecule has 0 heterocycles. The highest BCUT2D eigenvalue weighted by Gasteiger charge is 2.23. The molecule has 0 spiro atoms. The minimum atomic E-state index is -0.336. The second kappa shape index (κ2) is 5.48. The first-order valence-corrected chi connectivity index (χ1v) is 4.37. The summed E-state index contributed by atoms with van der Waals surface area (Å²) in [6, 6.07) is 6.89. The van der Waals surface area contributed by atoms with Crippen LogP contribution in [0.15, 0.2) is 24.3 Å². The van der Waals surface area contributed by atoms with E-state index in [1.165, 1.54) is 21.3 Å². The van der Waals surface area contributed by atoms with Gasteiger partial charge >= 0.3 is 0 Å². The second-order valence-corrected chi connectivity index (χ2v) is 2.73. The summed E-state index contributed by atoms with van der Waals surface area (Å²) in [5.74, 6) is 0.159. The number of methoxy groups -OCH3 is 3. The molecule has 0 aliphatic heterocycles. The summed E-state index contributed by atoms with van der Waals surface area (Å²) in [6.45, 7) is 0. The number of ether oxygens (including phenoxy) is 3. The lowest BCUT2D eigenvalue weighted by molar-refractivity contribution is 0.00822. The number of hydrogen-bond acceptors (Lipinski definition) is 4. The third-order valence-corrected chi connectivity index (χ3v) is 1.91. The Kier molecular flexibility index (Phi) is 4.27. The van der Waals surface area contributed by atoms with Gasteiger partial charge in [0.15, 0.2) is 0 Å². The van der Waals surface area contributed by atoms with Gasteiger partial charge in [0.25, 0.3) is 6.29 Å². The number of carbonyl (C=O) groups excluding carboxylic acids is 1. The average molecular weight is 209 g/mol. The molecule has 15 heavy (non-hydrogen) atoms. The quantitative estimate of drug-likeness (QED) is 0.692. The highest BCUT2D eigenvalue weighted by molar-refractivity contribution is 6.05. The predicted octanol–water partition coefficient (Wildman–Crippen LogP) is 1.66. The maximum atomic E-state index is 11.8. The Balaban J connectivity index is 2.99. The number of ketones is 1. The number of para-hydroxylation sites is 1. The Hall–Kier alpha value is -1.39. The van der Waals surface area contributed by atoms with E-state index < -0.39 is 0 Å². The van der Waals surface area contributed by atoms with Crippen LogP contribution in [-0.2, 0) is 9.47 Å². The van der Waals surface area contributed by atoms with Crippen molar-refractivity contribution in [1.82, 2.24) is 0 Å². The van der Waals surface area contributed by atoms with E-state index in [0.717, 1.165) is 0 Å². The molecule has 1 aromatic rings. The van der Waals surface area contributed by atoms with Crippen LogP contribution in [0.3, 0.4) is 0 Å². The minimum absolute atomic E-state index is 0.0560. The first-order valence-electron chi connectivity index (χ1n) is 4.37. The van der Waals surface area contributed by atoms with Crippen molar-refractivity contribution in [2.45, 2.75) is 0 Å². The zero-order valence-corrected chi connectivity index (χ0v) is 8.94. The summed E-state index contributed by atoms with van der Waals surface area (Å²) in [7, 11) is 4.27. The molecule has 1 aromatic carbocycles. The molecule has 0 aliphatic carbocycles. The minimum Gasteiger partial charge on any atom is -0.496 e. The molecular weight excluding hydrogens is 196 g/mol. The van der Waals surface area contributed by atoms with Gasteiger partial charge in [-0.2, -0.15) is 0 Å². The van der Waals surface area contributed by atoms with E-state index in [4.69, 9.17) is 14.2 Å². The maximum absolute atomic E-state index is 11.8. The first-order chi connectivity index (χ1) is 7.24. The fourth-order valence-corrected chi connectivity index (χ4v) is 1.21. The van der Waals surface area contributed by atoms with Crippen LogP contribution in [0, 0.1) is 6.29 Å². The lowest BCUT2D eigenvalue weighted by atomic mass is 10.1. The van der Waals surface area contributed by atoms with E-state index >= 15 is 0 Å². The van der Waals surface area contributed by atoms with Gasteiger partial charge in [-0.1, -0.05) is 12.1 Å². The normalized spacial score (nSPS) is 10.4. The van der Waals surface area contributed by atoms with Crippen molar-refractivity contribution in [3.05, 3.63) is 36.1 Å². The lowest BCUT2D eigenvalue weighted by Crippen LogP contribution is -2.17. The van der Waals surface area contributed by atoms with E-state index in [-0.39, 0.29) is 12.1 Å². The fraction of sp³-hybridized carbons (Fsp3) is 0.273. The molecule has 0 fully saturated rings. The van der Waals surface area contributed by atoms with E-state index in [0.29, 0.717) is 11.3 Å². The van der Waals surface area contributed by atoms with Crippen LogP contribution in [0.1, 0.15) is 10.4 Å². The molecule has 1 radical (unpaired) electrons. The van der Waals surface area contributed by atoms with E-state index in [1.54, 1.807) is 24.3 Å². The van der Waals surface area contributed by atoms with Crippen LogP contribution in [0.2, 0.25) is 0 Å². The molecule has 81 valence electrons. The van der Waals surface area contributed by atoms with Crippen molar-refractivity contribution in [3.63, 3.8) is 0 Å². The van der Waals surface area contributed by atoms with Crippen molar-refractivity contribution in [1.29, 1.82) is 0 Å². The number of Topliss-reactive ketones (excluding diaryl/α,β-unsaturated/α-hetero) is 1. The van der Waals surface area contributed by atoms with Gasteiger partial charge in [0.05, 0.1) is 12.7 Å². The molecule has 0 atom stereocenters. The molecule has 0 amide bonds. The molecule has 0 aromatic heterocycles. The SMILES string of the molecule is CO[C](OC)C(=O)c1ccccc1OC. The molecule has 1 rings (SSSR count). The molecule has 0 bridgehead atoms. The third kappa shape index (κ3) is 2.55. The van der Waals surface area contributed by atoms with Gasteiger partial charge in [-0.3, -0.25) is 4.79 Å². The Morgan fingerprint density at radius 1 is 1.07 bits per heavy atom. The first kappa shape index (κ1) is 11.7. The number of hydrogen-bond donors (Lipinski definition) is 0. The highest BCUT2D eigenvalue weighted by atomic mass is 16.7. The highest BCUT2D eigenvalue weighted by Crippen LogP contribution is 2.22. The van der Waals surface area contributed by atoms with Crippen molar-refractivity contribution < 1.29 is 19.0 Å². The topological polar surface area (TPSA) is 44.8 Å². The third-order valence-electron chi connectivity index (χ3n) is 1.91. The smallest absolute Gasteiger partial charge is 0.297 e. The Morgan fingerprint density at radius 2 is 1.67 bits per heavy atom. The van der Waals surface area contributed by atoms with Crippen molar-refractivity contribution in [3.8, 4) is 5.75 Å². The van der Waals surface area contributed by atoms with Gasteiger partial charge in [-0.15, -0.1) is 0 Å². The van der Waals surface area contributed by atoms with E-state index in [1.807, 2.05) is 0 Å². The predicted molar refractivity (Wildman–Crippen MR) is 54.6 cm³/mol. The van der Waals surface area contributed by atoms with Crippen molar-refractivity contribution in [2.24, 2.45) is 0 Å². The molecule has 4 nitrogen and oxygen atoms in total.